The lowest BCUT2D eigenvalue weighted by atomic mass is 9.90. The third kappa shape index (κ3) is 10.8. The third-order valence-electron chi connectivity index (χ3n) is 9.18. The second kappa shape index (κ2) is 19.5. The van der Waals surface area contributed by atoms with Crippen molar-refractivity contribution >= 4 is 12.0 Å². The minimum absolute atomic E-state index is 0.0200. The number of carboxylic acids is 1. The molecule has 4 atom stereocenters. The second-order valence-corrected chi connectivity index (χ2v) is 12.8. The number of hydrogen-bond acceptors (Lipinski definition) is 8. The molecule has 5 rings (SSSR count). The number of hydrogen-bond donors (Lipinski definition) is 1. The van der Waals surface area contributed by atoms with Gasteiger partial charge in [0.2, 0.25) is 0 Å². The molecule has 1 saturated heterocycles. The van der Waals surface area contributed by atoms with Gasteiger partial charge < -0.3 is 43.3 Å². The van der Waals surface area contributed by atoms with Gasteiger partial charge >= 0.3 is 12.0 Å². The van der Waals surface area contributed by atoms with Crippen LogP contribution in [-0.4, -0.2) is 112 Å². The number of rotatable bonds is 21. The Bertz CT molecular complexity index is 1460. The Hall–Kier alpha value is -3.84. The van der Waals surface area contributed by atoms with Crippen LogP contribution in [-0.2, 0) is 47.8 Å². The molecule has 2 aliphatic rings. The van der Waals surface area contributed by atoms with Gasteiger partial charge in [-0.05, 0) is 60.4 Å². The summed E-state index contributed by atoms with van der Waals surface area (Å²) in [5.41, 5.74) is 2.96. The van der Waals surface area contributed by atoms with Crippen LogP contribution in [0.25, 0.3) is 0 Å². The zero-order valence-corrected chi connectivity index (χ0v) is 29.1. The summed E-state index contributed by atoms with van der Waals surface area (Å²) in [7, 11) is 3.24. The first-order chi connectivity index (χ1) is 24.5. The Morgan fingerprint density at radius 1 is 0.700 bits per heavy atom. The number of amides is 2. The van der Waals surface area contributed by atoms with Crippen LogP contribution in [0.3, 0.4) is 0 Å². The van der Waals surface area contributed by atoms with Gasteiger partial charge in [0.25, 0.3) is 0 Å². The van der Waals surface area contributed by atoms with Crippen LogP contribution in [0.15, 0.2) is 84.9 Å². The number of aromatic carboxylic acids is 1. The summed E-state index contributed by atoms with van der Waals surface area (Å²) in [6, 6.07) is 25.8. The van der Waals surface area contributed by atoms with E-state index in [1.807, 2.05) is 64.4 Å². The monoisotopic (exact) mass is 690 g/mol. The molecule has 0 radical (unpaired) electrons. The van der Waals surface area contributed by atoms with E-state index in [0.717, 1.165) is 24.0 Å². The van der Waals surface area contributed by atoms with Crippen LogP contribution in [0.5, 0.6) is 0 Å². The molecular weight excluding hydrogens is 640 g/mol. The highest BCUT2D eigenvalue weighted by Crippen LogP contribution is 2.36. The summed E-state index contributed by atoms with van der Waals surface area (Å²) >= 11 is 0. The molecule has 270 valence electrons. The van der Waals surface area contributed by atoms with Crippen molar-refractivity contribution in [1.82, 2.24) is 9.80 Å². The quantitative estimate of drug-likeness (QED) is 0.118. The molecule has 1 aliphatic carbocycles. The van der Waals surface area contributed by atoms with E-state index in [2.05, 4.69) is 12.1 Å². The Morgan fingerprint density at radius 2 is 1.22 bits per heavy atom. The first kappa shape index (κ1) is 37.4. The van der Waals surface area contributed by atoms with Crippen LogP contribution in [0.4, 0.5) is 4.79 Å². The van der Waals surface area contributed by atoms with Gasteiger partial charge in [-0.25, -0.2) is 9.59 Å². The number of ether oxygens (including phenoxy) is 6. The molecule has 50 heavy (non-hydrogen) atoms. The Labute approximate surface area is 295 Å². The lowest BCUT2D eigenvalue weighted by molar-refractivity contribution is -0.192. The van der Waals surface area contributed by atoms with Crippen molar-refractivity contribution in [3.63, 3.8) is 0 Å². The van der Waals surface area contributed by atoms with Crippen LogP contribution < -0.4 is 0 Å². The van der Waals surface area contributed by atoms with Crippen molar-refractivity contribution < 1.29 is 43.1 Å². The van der Waals surface area contributed by atoms with E-state index in [9.17, 15) is 9.90 Å². The molecule has 0 spiro atoms. The molecule has 1 saturated carbocycles. The summed E-state index contributed by atoms with van der Waals surface area (Å²) in [6.07, 6.45) is 1.83. The number of methoxy groups -OCH3 is 2. The minimum Gasteiger partial charge on any atom is -0.478 e. The lowest BCUT2D eigenvalue weighted by Crippen LogP contribution is -2.53. The predicted molar refractivity (Wildman–Crippen MR) is 187 cm³/mol. The highest BCUT2D eigenvalue weighted by Gasteiger charge is 2.50. The average Bonchev–Trinajstić information content (AvgIpc) is 3.97. The van der Waals surface area contributed by atoms with Gasteiger partial charge in [-0.1, -0.05) is 72.8 Å². The molecule has 1 heterocycles. The smallest absolute Gasteiger partial charge is 0.335 e. The molecule has 2 fully saturated rings. The zero-order chi connectivity index (χ0) is 35.1. The van der Waals surface area contributed by atoms with Gasteiger partial charge in [0.05, 0.1) is 44.1 Å². The molecule has 2 amide bonds. The number of nitrogens with zero attached hydrogens (tertiary/aromatic N) is 2. The predicted octanol–water partition coefficient (Wildman–Crippen LogP) is 5.27. The minimum atomic E-state index is -1.02. The molecule has 11 nitrogen and oxygen atoms in total. The van der Waals surface area contributed by atoms with Crippen LogP contribution >= 0.6 is 0 Å². The van der Waals surface area contributed by atoms with Gasteiger partial charge in [-0.2, -0.15) is 0 Å². The molecule has 1 aliphatic heterocycles. The van der Waals surface area contributed by atoms with Gasteiger partial charge in [-0.3, -0.25) is 0 Å². The van der Waals surface area contributed by atoms with E-state index in [1.54, 1.807) is 32.4 Å². The summed E-state index contributed by atoms with van der Waals surface area (Å²) in [5, 5.41) is 9.79. The lowest BCUT2D eigenvalue weighted by Gasteiger charge is -2.38. The van der Waals surface area contributed by atoms with E-state index < -0.39 is 30.3 Å². The second-order valence-electron chi connectivity index (χ2n) is 12.8. The average molecular weight is 691 g/mol. The van der Waals surface area contributed by atoms with Crippen LogP contribution in [0.2, 0.25) is 0 Å². The molecule has 0 unspecified atom stereocenters. The highest BCUT2D eigenvalue weighted by molar-refractivity contribution is 5.87. The van der Waals surface area contributed by atoms with Gasteiger partial charge in [0.1, 0.15) is 25.8 Å². The van der Waals surface area contributed by atoms with E-state index in [4.69, 9.17) is 28.4 Å². The van der Waals surface area contributed by atoms with Crippen molar-refractivity contribution in [2.24, 2.45) is 5.92 Å². The summed E-state index contributed by atoms with van der Waals surface area (Å²) in [6.45, 7) is 2.20. The zero-order valence-electron chi connectivity index (χ0n) is 29.1. The SMILES string of the molecule is COCCOCO[C@@H]1[C@@H](OCOCCOC)[C@@H](Cc2ccccc2)N(CC2CC2)C(=O)N(Cc2cccc(C(=O)O)c2)[C@@H]1Cc1ccccc1. The summed E-state index contributed by atoms with van der Waals surface area (Å²) < 4.78 is 35.5. The molecule has 11 heteroatoms. The van der Waals surface area contributed by atoms with Crippen molar-refractivity contribution in [2.45, 2.75) is 56.5 Å². The fourth-order valence-corrected chi connectivity index (χ4v) is 6.45. The molecule has 3 aromatic rings. The third-order valence-corrected chi connectivity index (χ3v) is 9.18. The van der Waals surface area contributed by atoms with E-state index >= 15 is 4.79 Å². The van der Waals surface area contributed by atoms with Crippen LogP contribution in [0, 0.1) is 5.92 Å². The number of carbonyl (C=O) groups excluding carboxylic acids is 1. The highest BCUT2D eigenvalue weighted by atomic mass is 16.7. The Kier molecular flexibility index (Phi) is 14.6. The van der Waals surface area contributed by atoms with E-state index in [0.29, 0.717) is 57.3 Å². The van der Waals surface area contributed by atoms with Gasteiger partial charge in [0, 0.05) is 27.3 Å². The Morgan fingerprint density at radius 3 is 1.72 bits per heavy atom. The standard InChI is InChI=1S/C39H50N2O9/c1-45-18-20-47-27-49-36-34(23-29-10-5-3-6-11-29)40(25-31-16-17-31)39(44)41(26-32-14-9-15-33(22-32)38(42)43)35(24-30-12-7-4-8-13-30)37(36)50-28-48-21-19-46-2/h3-15,22,31,34-37H,16-21,23-28H2,1-2H3,(H,42,43)/t34-,35-,36+,37+/m1/s1. The fourth-order valence-electron chi connectivity index (χ4n) is 6.45. The first-order valence-corrected chi connectivity index (χ1v) is 17.3. The summed E-state index contributed by atoms with van der Waals surface area (Å²) in [4.78, 5) is 31.0. The normalized spacial score (nSPS) is 21.0. The Balaban J connectivity index is 1.61. The van der Waals surface area contributed by atoms with Crippen molar-refractivity contribution in [3.05, 3.63) is 107 Å². The maximum atomic E-state index is 15.2. The molecule has 3 aromatic carbocycles. The molecular formula is C39H50N2O9. The van der Waals surface area contributed by atoms with E-state index in [1.165, 1.54) is 0 Å². The molecule has 0 aromatic heterocycles. The van der Waals surface area contributed by atoms with E-state index in [-0.39, 0.29) is 31.7 Å². The van der Waals surface area contributed by atoms with Gasteiger partial charge in [0.15, 0.2) is 0 Å². The molecule has 0 bridgehead atoms. The van der Waals surface area contributed by atoms with Crippen LogP contribution in [0.1, 0.15) is 39.9 Å². The fraction of sp³-hybridized carbons (Fsp3) is 0.487. The molecule has 1 N–H and O–H groups in total. The van der Waals surface area contributed by atoms with Crippen molar-refractivity contribution in [3.8, 4) is 0 Å². The number of benzene rings is 3. The maximum absolute atomic E-state index is 15.2. The topological polar surface area (TPSA) is 116 Å². The van der Waals surface area contributed by atoms with Crippen molar-refractivity contribution in [1.29, 1.82) is 0 Å². The summed E-state index contributed by atoms with van der Waals surface area (Å²) in [5.74, 6) is -0.639. The van der Waals surface area contributed by atoms with Crippen molar-refractivity contribution in [2.75, 3.05) is 60.8 Å². The first-order valence-electron chi connectivity index (χ1n) is 17.3. The number of carboxylic acid groups (broad SMARTS) is 1. The maximum Gasteiger partial charge on any atom is 0.335 e. The van der Waals surface area contributed by atoms with Gasteiger partial charge in [-0.15, -0.1) is 0 Å². The number of urea groups is 1. The number of carbonyl (C=O) groups is 2. The largest absolute Gasteiger partial charge is 0.478 e.